The second-order valence-corrected chi connectivity index (χ2v) is 6.96. The van der Waals surface area contributed by atoms with E-state index in [2.05, 4.69) is 15.6 Å². The lowest BCUT2D eigenvalue weighted by Crippen LogP contribution is -2.41. The van der Waals surface area contributed by atoms with Crippen molar-refractivity contribution in [3.8, 4) is 0 Å². The number of hydrogen-bond donors (Lipinski definition) is 1. The Kier molecular flexibility index (Phi) is 6.70. The Morgan fingerprint density at radius 1 is 1.33 bits per heavy atom. The maximum absolute atomic E-state index is 12.9. The fraction of sp³-hybridized carbons (Fsp3) is 0.474. The molecule has 2 amide bonds. The molecule has 0 radical (unpaired) electrons. The molecule has 11 heteroatoms. The highest BCUT2D eigenvalue weighted by Crippen LogP contribution is 2.30. The van der Waals surface area contributed by atoms with Gasteiger partial charge in [0.05, 0.1) is 24.4 Å². The molecule has 1 unspecified atom stereocenters. The van der Waals surface area contributed by atoms with Crippen LogP contribution in [0.4, 0.5) is 13.2 Å². The van der Waals surface area contributed by atoms with Crippen molar-refractivity contribution in [2.24, 2.45) is 0 Å². The summed E-state index contributed by atoms with van der Waals surface area (Å²) in [5.74, 6) is -0.852. The van der Waals surface area contributed by atoms with E-state index in [1.807, 2.05) is 0 Å². The number of likely N-dealkylation sites (tertiary alicyclic amines) is 1. The third-order valence-corrected chi connectivity index (χ3v) is 4.83. The number of benzene rings is 1. The van der Waals surface area contributed by atoms with Crippen molar-refractivity contribution in [1.82, 2.24) is 25.2 Å². The second kappa shape index (κ2) is 9.24. The monoisotopic (exact) mass is 425 g/mol. The highest BCUT2D eigenvalue weighted by atomic mass is 19.4. The molecule has 1 saturated heterocycles. The summed E-state index contributed by atoms with van der Waals surface area (Å²) in [6.45, 7) is 1.41. The number of amides is 2. The molecule has 0 aliphatic carbocycles. The summed E-state index contributed by atoms with van der Waals surface area (Å²) >= 11 is 0. The van der Waals surface area contributed by atoms with Gasteiger partial charge in [-0.25, -0.2) is 4.68 Å². The van der Waals surface area contributed by atoms with E-state index in [1.165, 1.54) is 35.0 Å². The first kappa shape index (κ1) is 21.8. The lowest BCUT2D eigenvalue weighted by molar-refractivity contribution is -0.137. The first-order valence-electron chi connectivity index (χ1n) is 9.45. The van der Waals surface area contributed by atoms with Gasteiger partial charge < -0.3 is 15.0 Å². The van der Waals surface area contributed by atoms with Gasteiger partial charge in [-0.1, -0.05) is 11.3 Å². The minimum Gasteiger partial charge on any atom is -0.383 e. The third-order valence-electron chi connectivity index (χ3n) is 4.83. The minimum absolute atomic E-state index is 0.0118. The van der Waals surface area contributed by atoms with Crippen molar-refractivity contribution in [2.75, 3.05) is 33.4 Å². The van der Waals surface area contributed by atoms with Crippen LogP contribution in [0.2, 0.25) is 0 Å². The summed E-state index contributed by atoms with van der Waals surface area (Å²) < 4.78 is 45.2. The molecule has 162 valence electrons. The fourth-order valence-electron chi connectivity index (χ4n) is 3.28. The van der Waals surface area contributed by atoms with Gasteiger partial charge >= 0.3 is 6.18 Å². The van der Waals surface area contributed by atoms with E-state index in [0.29, 0.717) is 32.5 Å². The van der Waals surface area contributed by atoms with Crippen LogP contribution in [0.25, 0.3) is 0 Å². The van der Waals surface area contributed by atoms with Gasteiger partial charge in [0.2, 0.25) is 0 Å². The summed E-state index contributed by atoms with van der Waals surface area (Å²) in [7, 11) is 1.53. The van der Waals surface area contributed by atoms with E-state index >= 15 is 0 Å². The molecule has 30 heavy (non-hydrogen) atoms. The number of piperidine rings is 1. The van der Waals surface area contributed by atoms with E-state index in [4.69, 9.17) is 4.74 Å². The summed E-state index contributed by atoms with van der Waals surface area (Å²) in [5.41, 5.74) is -0.725. The van der Waals surface area contributed by atoms with Crippen LogP contribution in [0.1, 0.15) is 45.3 Å². The number of nitrogens with one attached hydrogen (secondary N) is 1. The largest absolute Gasteiger partial charge is 0.416 e. The molecule has 0 spiro atoms. The van der Waals surface area contributed by atoms with Crippen molar-refractivity contribution in [3.63, 3.8) is 0 Å². The van der Waals surface area contributed by atoms with E-state index in [9.17, 15) is 22.8 Å². The summed E-state index contributed by atoms with van der Waals surface area (Å²) in [5, 5.41) is 10.5. The number of carbonyl (C=O) groups is 2. The minimum atomic E-state index is -4.51. The number of ether oxygens (including phenoxy) is 1. The van der Waals surface area contributed by atoms with Crippen molar-refractivity contribution >= 4 is 11.8 Å². The van der Waals surface area contributed by atoms with E-state index in [0.717, 1.165) is 12.1 Å². The van der Waals surface area contributed by atoms with Crippen molar-refractivity contribution in [2.45, 2.75) is 25.1 Å². The molecule has 2 heterocycles. The molecule has 0 bridgehead atoms. The van der Waals surface area contributed by atoms with Crippen LogP contribution in [0.5, 0.6) is 0 Å². The van der Waals surface area contributed by atoms with Crippen molar-refractivity contribution in [1.29, 1.82) is 0 Å². The zero-order valence-corrected chi connectivity index (χ0v) is 16.4. The number of carbonyl (C=O) groups excluding carboxylic acids is 2. The Balaban J connectivity index is 1.67. The van der Waals surface area contributed by atoms with Crippen LogP contribution in [0.15, 0.2) is 30.5 Å². The summed E-state index contributed by atoms with van der Waals surface area (Å²) in [4.78, 5) is 26.3. The Bertz CT molecular complexity index is 900. The van der Waals surface area contributed by atoms with Crippen LogP contribution in [-0.2, 0) is 10.9 Å². The molecule has 1 N–H and O–H groups in total. The number of alkyl halides is 3. The molecule has 1 aliphatic heterocycles. The van der Waals surface area contributed by atoms with E-state index in [-0.39, 0.29) is 29.8 Å². The summed E-state index contributed by atoms with van der Waals surface area (Å²) in [6.07, 6.45) is -1.64. The molecule has 1 aromatic heterocycles. The van der Waals surface area contributed by atoms with Gasteiger partial charge in [0.1, 0.15) is 0 Å². The highest BCUT2D eigenvalue weighted by Gasteiger charge is 2.32. The molecular weight excluding hydrogens is 403 g/mol. The van der Waals surface area contributed by atoms with Crippen molar-refractivity contribution < 1.29 is 27.5 Å². The van der Waals surface area contributed by atoms with Gasteiger partial charge in [-0.05, 0) is 31.0 Å². The Morgan fingerprint density at radius 3 is 2.87 bits per heavy atom. The maximum Gasteiger partial charge on any atom is 0.416 e. The molecule has 1 aromatic carbocycles. The molecule has 1 aliphatic rings. The molecule has 0 saturated carbocycles. The van der Waals surface area contributed by atoms with Gasteiger partial charge in [0.15, 0.2) is 5.69 Å². The van der Waals surface area contributed by atoms with Gasteiger partial charge in [0.25, 0.3) is 11.8 Å². The number of rotatable bonds is 6. The van der Waals surface area contributed by atoms with Gasteiger partial charge in [-0.2, -0.15) is 13.2 Å². The fourth-order valence-corrected chi connectivity index (χ4v) is 3.28. The Morgan fingerprint density at radius 2 is 2.13 bits per heavy atom. The first-order valence-corrected chi connectivity index (χ1v) is 9.45. The predicted octanol–water partition coefficient (Wildman–Crippen LogP) is 2.15. The topological polar surface area (TPSA) is 89.4 Å². The van der Waals surface area contributed by atoms with Crippen LogP contribution >= 0.6 is 0 Å². The number of nitrogens with zero attached hydrogens (tertiary/aromatic N) is 4. The standard InChI is InChI=1S/C19H22F3N5O3/c1-30-9-7-23-17(28)16-12-27(25-24-16)15-6-3-8-26(11-15)18(29)13-4-2-5-14(10-13)19(20,21)22/h2,4-5,10,12,15H,3,6-9,11H2,1H3,(H,23,28). The lowest BCUT2D eigenvalue weighted by Gasteiger charge is -2.32. The first-order chi connectivity index (χ1) is 14.3. The number of hydrogen-bond acceptors (Lipinski definition) is 5. The Labute approximate surface area is 171 Å². The smallest absolute Gasteiger partial charge is 0.383 e. The number of aromatic nitrogens is 3. The van der Waals surface area contributed by atoms with E-state index < -0.39 is 17.6 Å². The zero-order valence-electron chi connectivity index (χ0n) is 16.4. The lowest BCUT2D eigenvalue weighted by atomic mass is 10.0. The average molecular weight is 425 g/mol. The van der Waals surface area contributed by atoms with Crippen LogP contribution in [0.3, 0.4) is 0 Å². The van der Waals surface area contributed by atoms with E-state index in [1.54, 1.807) is 0 Å². The zero-order chi connectivity index (χ0) is 21.7. The third kappa shape index (κ3) is 5.15. The molecule has 1 atom stereocenters. The normalized spacial score (nSPS) is 17.1. The molecule has 8 nitrogen and oxygen atoms in total. The van der Waals surface area contributed by atoms with Gasteiger partial charge in [-0.3, -0.25) is 9.59 Å². The molecule has 2 aromatic rings. The molecule has 1 fully saturated rings. The highest BCUT2D eigenvalue weighted by molar-refractivity contribution is 5.94. The molecule has 3 rings (SSSR count). The van der Waals surface area contributed by atoms with Gasteiger partial charge in [-0.15, -0.1) is 5.10 Å². The average Bonchev–Trinajstić information content (AvgIpc) is 3.23. The number of halogens is 3. The predicted molar refractivity (Wildman–Crippen MR) is 99.8 cm³/mol. The maximum atomic E-state index is 12.9. The van der Waals surface area contributed by atoms with Gasteiger partial charge in [0, 0.05) is 32.3 Å². The van der Waals surface area contributed by atoms with Crippen molar-refractivity contribution in [3.05, 3.63) is 47.3 Å². The number of methoxy groups -OCH3 is 1. The van der Waals surface area contributed by atoms with Crippen LogP contribution < -0.4 is 5.32 Å². The second-order valence-electron chi connectivity index (χ2n) is 6.96. The van der Waals surface area contributed by atoms with Crippen LogP contribution in [0, 0.1) is 0 Å². The van der Waals surface area contributed by atoms with Crippen LogP contribution in [-0.4, -0.2) is 65.1 Å². The summed E-state index contributed by atoms with van der Waals surface area (Å²) in [6, 6.07) is 4.18. The quantitative estimate of drug-likeness (QED) is 0.717. The molecular formula is C19H22F3N5O3. The Hall–Kier alpha value is -2.95. The SMILES string of the molecule is COCCNC(=O)c1cn(C2CCCN(C(=O)c3cccc(C(F)(F)F)c3)C2)nn1.